The molecule has 1 aromatic rings. The Balaban J connectivity index is 3.33. The lowest BCUT2D eigenvalue weighted by atomic mass is 10.3. The number of rotatable bonds is 5. The lowest BCUT2D eigenvalue weighted by molar-refractivity contribution is 0.235. The van der Waals surface area contributed by atoms with Crippen LogP contribution in [-0.2, 0) is 19.9 Å². The average molecular weight is 299 g/mol. The van der Waals surface area contributed by atoms with Crippen LogP contribution in [0.25, 0.3) is 0 Å². The second-order valence-electron chi connectivity index (χ2n) is 3.31. The Morgan fingerprint density at radius 1 is 1.17 bits per heavy atom. The molecular formula is C9H11F2NO4S2. The molecule has 1 aromatic carbocycles. The molecule has 5 nitrogen and oxygen atoms in total. The van der Waals surface area contributed by atoms with Crippen LogP contribution in [0.4, 0.5) is 14.5 Å². The minimum absolute atomic E-state index is 0.296. The molecule has 0 heterocycles. The number of alkyl halides is 2. The molecule has 0 bridgehead atoms. The summed E-state index contributed by atoms with van der Waals surface area (Å²) in [6, 6.07) is 4.62. The quantitative estimate of drug-likeness (QED) is 0.892. The van der Waals surface area contributed by atoms with Gasteiger partial charge in [0.15, 0.2) is 0 Å². The van der Waals surface area contributed by atoms with E-state index in [1.807, 2.05) is 4.72 Å². The third kappa shape index (κ3) is 3.16. The van der Waals surface area contributed by atoms with Crippen molar-refractivity contribution in [1.29, 1.82) is 0 Å². The first-order valence-electron chi connectivity index (χ1n) is 4.82. The number of hydrogen-bond acceptors (Lipinski definition) is 4. The molecular weight excluding hydrogens is 288 g/mol. The van der Waals surface area contributed by atoms with Gasteiger partial charge in [-0.2, -0.15) is 8.78 Å². The Kier molecular flexibility index (Phi) is 4.28. The van der Waals surface area contributed by atoms with Gasteiger partial charge in [-0.05, 0) is 19.1 Å². The standard InChI is InChI=1S/C9H11F2NO4S2/c1-2-17(13,14)12-7-5-3-4-6-8(7)18(15,16)9(10)11/h3-6,9,12H,2H2,1H3. The summed E-state index contributed by atoms with van der Waals surface area (Å²) in [6.45, 7) is 1.34. The van der Waals surface area contributed by atoms with Crippen molar-refractivity contribution >= 4 is 25.5 Å². The Bertz CT molecular complexity index is 626. The number of sulfonamides is 1. The van der Waals surface area contributed by atoms with Crippen LogP contribution in [0.5, 0.6) is 0 Å². The van der Waals surface area contributed by atoms with Crippen molar-refractivity contribution < 1.29 is 25.6 Å². The molecule has 1 rings (SSSR count). The largest absolute Gasteiger partial charge is 0.341 e. The molecule has 0 aliphatic heterocycles. The summed E-state index contributed by atoms with van der Waals surface area (Å²) in [5, 5.41) is 0. The van der Waals surface area contributed by atoms with Gasteiger partial charge in [0.05, 0.1) is 16.3 Å². The van der Waals surface area contributed by atoms with Gasteiger partial charge in [-0.15, -0.1) is 0 Å². The molecule has 0 saturated heterocycles. The van der Waals surface area contributed by atoms with E-state index in [-0.39, 0.29) is 11.4 Å². The van der Waals surface area contributed by atoms with Crippen molar-refractivity contribution in [2.75, 3.05) is 10.5 Å². The highest BCUT2D eigenvalue weighted by molar-refractivity contribution is 7.93. The van der Waals surface area contributed by atoms with E-state index < -0.39 is 30.5 Å². The molecule has 0 aromatic heterocycles. The topological polar surface area (TPSA) is 80.3 Å². The molecule has 0 unspecified atom stereocenters. The Morgan fingerprint density at radius 3 is 2.22 bits per heavy atom. The van der Waals surface area contributed by atoms with Gasteiger partial charge in [-0.1, -0.05) is 12.1 Å². The van der Waals surface area contributed by atoms with Crippen LogP contribution in [0.3, 0.4) is 0 Å². The van der Waals surface area contributed by atoms with Gasteiger partial charge in [-0.3, -0.25) is 4.72 Å². The van der Waals surface area contributed by atoms with Crippen molar-refractivity contribution in [3.8, 4) is 0 Å². The Labute approximate surface area is 104 Å². The van der Waals surface area contributed by atoms with Crippen LogP contribution in [-0.4, -0.2) is 28.3 Å². The summed E-state index contributed by atoms with van der Waals surface area (Å²) in [4.78, 5) is -0.739. The first-order valence-corrected chi connectivity index (χ1v) is 8.02. The van der Waals surface area contributed by atoms with Gasteiger partial charge >= 0.3 is 5.76 Å². The summed E-state index contributed by atoms with van der Waals surface area (Å²) >= 11 is 0. The molecule has 18 heavy (non-hydrogen) atoms. The predicted molar refractivity (Wildman–Crippen MR) is 62.7 cm³/mol. The zero-order valence-electron chi connectivity index (χ0n) is 9.30. The number of para-hydroxylation sites is 1. The number of benzene rings is 1. The highest BCUT2D eigenvalue weighted by Gasteiger charge is 2.29. The second kappa shape index (κ2) is 5.19. The highest BCUT2D eigenvalue weighted by atomic mass is 32.2. The fourth-order valence-corrected chi connectivity index (χ4v) is 2.74. The van der Waals surface area contributed by atoms with Crippen molar-refractivity contribution in [2.24, 2.45) is 0 Å². The van der Waals surface area contributed by atoms with Gasteiger partial charge in [0.1, 0.15) is 0 Å². The van der Waals surface area contributed by atoms with Gasteiger partial charge in [0, 0.05) is 0 Å². The predicted octanol–water partition coefficient (Wildman–Crippen LogP) is 1.44. The van der Waals surface area contributed by atoms with E-state index >= 15 is 0 Å². The number of halogens is 2. The summed E-state index contributed by atoms with van der Waals surface area (Å²) in [7, 11) is -8.59. The van der Waals surface area contributed by atoms with Crippen molar-refractivity contribution in [3.63, 3.8) is 0 Å². The van der Waals surface area contributed by atoms with Crippen LogP contribution in [0, 0.1) is 0 Å². The maximum atomic E-state index is 12.4. The van der Waals surface area contributed by atoms with Gasteiger partial charge in [0.25, 0.3) is 0 Å². The summed E-state index contributed by atoms with van der Waals surface area (Å²) in [5.74, 6) is -3.90. The maximum absolute atomic E-state index is 12.4. The molecule has 0 radical (unpaired) electrons. The van der Waals surface area contributed by atoms with Crippen LogP contribution in [0.2, 0.25) is 0 Å². The Hall–Kier alpha value is -1.22. The molecule has 9 heteroatoms. The summed E-state index contributed by atoms with van der Waals surface area (Å²) in [6.07, 6.45) is 0. The first-order chi connectivity index (χ1) is 8.20. The van der Waals surface area contributed by atoms with Crippen LogP contribution >= 0.6 is 0 Å². The SMILES string of the molecule is CCS(=O)(=O)Nc1ccccc1S(=O)(=O)C(F)F. The highest BCUT2D eigenvalue weighted by Crippen LogP contribution is 2.26. The van der Waals surface area contributed by atoms with E-state index in [0.29, 0.717) is 0 Å². The lowest BCUT2D eigenvalue weighted by Gasteiger charge is -2.11. The fraction of sp³-hybridized carbons (Fsp3) is 0.333. The van der Waals surface area contributed by atoms with Crippen molar-refractivity contribution in [3.05, 3.63) is 24.3 Å². The number of anilines is 1. The number of nitrogens with one attached hydrogen (secondary N) is 1. The van der Waals surface area contributed by atoms with Crippen LogP contribution in [0.1, 0.15) is 6.92 Å². The molecule has 0 saturated carbocycles. The third-order valence-electron chi connectivity index (χ3n) is 2.07. The summed E-state index contributed by atoms with van der Waals surface area (Å²) < 4.78 is 72.1. The molecule has 102 valence electrons. The van der Waals surface area contributed by atoms with Gasteiger partial charge in [-0.25, -0.2) is 16.8 Å². The van der Waals surface area contributed by atoms with E-state index in [1.54, 1.807) is 0 Å². The van der Waals surface area contributed by atoms with Crippen LogP contribution < -0.4 is 4.72 Å². The van der Waals surface area contributed by atoms with E-state index in [2.05, 4.69) is 0 Å². The van der Waals surface area contributed by atoms with Crippen molar-refractivity contribution in [1.82, 2.24) is 0 Å². The van der Waals surface area contributed by atoms with E-state index in [0.717, 1.165) is 12.1 Å². The first kappa shape index (κ1) is 14.8. The third-order valence-corrected chi connectivity index (χ3v) is 4.80. The molecule has 1 N–H and O–H groups in total. The molecule has 0 spiro atoms. The zero-order valence-corrected chi connectivity index (χ0v) is 10.9. The van der Waals surface area contributed by atoms with E-state index in [9.17, 15) is 25.6 Å². The summed E-state index contributed by atoms with van der Waals surface area (Å²) in [5.41, 5.74) is -0.375. The monoisotopic (exact) mass is 299 g/mol. The Morgan fingerprint density at radius 2 is 1.72 bits per heavy atom. The van der Waals surface area contributed by atoms with Gasteiger partial charge in [0.2, 0.25) is 19.9 Å². The van der Waals surface area contributed by atoms with Crippen LogP contribution in [0.15, 0.2) is 29.2 Å². The van der Waals surface area contributed by atoms with Gasteiger partial charge < -0.3 is 0 Å². The minimum Gasteiger partial charge on any atom is -0.282 e. The fourth-order valence-electron chi connectivity index (χ4n) is 1.13. The van der Waals surface area contributed by atoms with E-state index in [4.69, 9.17) is 0 Å². The molecule has 0 amide bonds. The second-order valence-corrected chi connectivity index (χ2v) is 7.20. The number of sulfone groups is 1. The molecule has 0 aliphatic carbocycles. The average Bonchev–Trinajstić information content (AvgIpc) is 2.29. The molecule has 0 aliphatic rings. The maximum Gasteiger partial charge on any atom is 0.341 e. The number of hydrogen-bond donors (Lipinski definition) is 1. The minimum atomic E-state index is -4.85. The lowest BCUT2D eigenvalue weighted by Crippen LogP contribution is -2.19. The zero-order chi connectivity index (χ0) is 14.0. The van der Waals surface area contributed by atoms with Crippen molar-refractivity contribution in [2.45, 2.75) is 17.6 Å². The normalized spacial score (nSPS) is 12.7. The smallest absolute Gasteiger partial charge is 0.282 e. The molecule has 0 atom stereocenters. The van der Waals surface area contributed by atoms with E-state index in [1.165, 1.54) is 19.1 Å². The molecule has 0 fully saturated rings.